The molecule has 0 amide bonds. The van der Waals surface area contributed by atoms with Gasteiger partial charge in [-0.1, -0.05) is 30.3 Å². The monoisotopic (exact) mass is 427 g/mol. The Labute approximate surface area is 174 Å². The third kappa shape index (κ3) is 8.02. The number of guanidine groups is 1. The zero-order valence-electron chi connectivity index (χ0n) is 17.0. The molecule has 0 aliphatic rings. The number of alkyl halides is 3. The molecule has 0 saturated heterocycles. The highest BCUT2D eigenvalue weighted by Crippen LogP contribution is 2.29. The van der Waals surface area contributed by atoms with E-state index in [4.69, 9.17) is 0 Å². The van der Waals surface area contributed by atoms with Gasteiger partial charge in [0.15, 0.2) is 11.7 Å². The topological polar surface area (TPSA) is 52.6 Å². The van der Waals surface area contributed by atoms with E-state index in [1.54, 1.807) is 0 Å². The number of benzene rings is 1. The molecule has 2 rings (SSSR count). The Hall–Kier alpha value is -2.13. The van der Waals surface area contributed by atoms with E-state index in [1.165, 1.54) is 5.56 Å². The molecular weight excluding hydrogens is 399 g/mol. The van der Waals surface area contributed by atoms with Crippen molar-refractivity contribution < 1.29 is 13.2 Å². The number of aromatic nitrogens is 1. The Morgan fingerprint density at radius 2 is 1.97 bits per heavy atom. The summed E-state index contributed by atoms with van der Waals surface area (Å²) in [6.45, 7) is 6.70. The SMILES string of the molecule is CCNC(=NCC(C)N(C)Cc1ccccc1)NCCc1nc(C(F)(F)F)cs1. The van der Waals surface area contributed by atoms with Gasteiger partial charge in [0.25, 0.3) is 0 Å². The van der Waals surface area contributed by atoms with Gasteiger partial charge in [-0.2, -0.15) is 13.2 Å². The van der Waals surface area contributed by atoms with Crippen LogP contribution < -0.4 is 10.6 Å². The highest BCUT2D eigenvalue weighted by Gasteiger charge is 2.33. The third-order valence-electron chi connectivity index (χ3n) is 4.36. The van der Waals surface area contributed by atoms with Gasteiger partial charge in [0.05, 0.1) is 11.6 Å². The van der Waals surface area contributed by atoms with E-state index in [0.717, 1.165) is 23.3 Å². The van der Waals surface area contributed by atoms with E-state index in [0.29, 0.717) is 37.0 Å². The number of hydrogen-bond donors (Lipinski definition) is 2. The highest BCUT2D eigenvalue weighted by atomic mass is 32.1. The lowest BCUT2D eigenvalue weighted by molar-refractivity contribution is -0.140. The lowest BCUT2D eigenvalue weighted by Crippen LogP contribution is -2.40. The standard InChI is InChI=1S/C20H28F3N5S/c1-4-24-19(25-11-10-18-27-17(14-29-18)20(21,22)23)26-12-15(2)28(3)13-16-8-6-5-7-9-16/h5-9,14-15H,4,10-13H2,1-3H3,(H2,24,25,26). The van der Waals surface area contributed by atoms with Gasteiger partial charge in [0, 0.05) is 37.5 Å². The second kappa shape index (κ2) is 11.2. The number of aliphatic imine (C=N–C) groups is 1. The van der Waals surface area contributed by atoms with Crippen molar-refractivity contribution in [2.75, 3.05) is 26.7 Å². The number of rotatable bonds is 9. The number of halogens is 3. The summed E-state index contributed by atoms with van der Waals surface area (Å²) in [4.78, 5) is 10.5. The lowest BCUT2D eigenvalue weighted by Gasteiger charge is -2.23. The maximum Gasteiger partial charge on any atom is 0.434 e. The van der Waals surface area contributed by atoms with Crippen LogP contribution in [0.3, 0.4) is 0 Å². The fourth-order valence-corrected chi connectivity index (χ4v) is 3.38. The quantitative estimate of drug-likeness (QED) is 0.472. The van der Waals surface area contributed by atoms with Gasteiger partial charge in [-0.3, -0.25) is 9.89 Å². The molecule has 2 N–H and O–H groups in total. The Morgan fingerprint density at radius 1 is 1.24 bits per heavy atom. The van der Waals surface area contributed by atoms with E-state index in [-0.39, 0.29) is 6.04 Å². The summed E-state index contributed by atoms with van der Waals surface area (Å²) in [5.74, 6) is 0.653. The highest BCUT2D eigenvalue weighted by molar-refractivity contribution is 7.09. The minimum Gasteiger partial charge on any atom is -0.357 e. The predicted molar refractivity (Wildman–Crippen MR) is 112 cm³/mol. The van der Waals surface area contributed by atoms with Crippen LogP contribution in [0.25, 0.3) is 0 Å². The van der Waals surface area contributed by atoms with Crippen LogP contribution >= 0.6 is 11.3 Å². The maximum atomic E-state index is 12.6. The Bertz CT molecular complexity index is 761. The molecule has 1 aromatic carbocycles. The normalized spacial score (nSPS) is 13.6. The molecule has 1 unspecified atom stereocenters. The van der Waals surface area contributed by atoms with Crippen LogP contribution in [0.15, 0.2) is 40.7 Å². The summed E-state index contributed by atoms with van der Waals surface area (Å²) in [6, 6.07) is 10.5. The molecule has 1 heterocycles. The van der Waals surface area contributed by atoms with Crippen molar-refractivity contribution in [3.05, 3.63) is 52.0 Å². The Morgan fingerprint density at radius 3 is 2.59 bits per heavy atom. The Balaban J connectivity index is 1.83. The minimum absolute atomic E-state index is 0.235. The van der Waals surface area contributed by atoms with Crippen LogP contribution in [0.5, 0.6) is 0 Å². The van der Waals surface area contributed by atoms with Gasteiger partial charge in [0.1, 0.15) is 0 Å². The van der Waals surface area contributed by atoms with Crippen molar-refractivity contribution in [3.8, 4) is 0 Å². The fourth-order valence-electron chi connectivity index (χ4n) is 2.58. The number of hydrogen-bond acceptors (Lipinski definition) is 4. The van der Waals surface area contributed by atoms with E-state index in [1.807, 2.05) is 25.1 Å². The lowest BCUT2D eigenvalue weighted by atomic mass is 10.2. The van der Waals surface area contributed by atoms with Crippen molar-refractivity contribution in [2.45, 2.75) is 39.0 Å². The average molecular weight is 428 g/mol. The molecule has 160 valence electrons. The van der Waals surface area contributed by atoms with Crippen molar-refractivity contribution >= 4 is 17.3 Å². The molecule has 0 saturated carbocycles. The summed E-state index contributed by atoms with van der Waals surface area (Å²) >= 11 is 1.03. The van der Waals surface area contributed by atoms with E-state index >= 15 is 0 Å². The van der Waals surface area contributed by atoms with Crippen LogP contribution in [0, 0.1) is 0 Å². The molecule has 0 radical (unpaired) electrons. The van der Waals surface area contributed by atoms with Crippen LogP contribution in [0.1, 0.15) is 30.1 Å². The first-order valence-corrected chi connectivity index (χ1v) is 10.5. The molecule has 2 aromatic rings. The summed E-state index contributed by atoms with van der Waals surface area (Å²) in [5, 5.41) is 7.84. The first-order valence-electron chi connectivity index (χ1n) is 9.57. The van der Waals surface area contributed by atoms with Gasteiger partial charge in [-0.05, 0) is 26.5 Å². The molecule has 1 aromatic heterocycles. The molecule has 9 heteroatoms. The largest absolute Gasteiger partial charge is 0.434 e. The maximum absolute atomic E-state index is 12.6. The van der Waals surface area contributed by atoms with Crippen LogP contribution in [0.4, 0.5) is 13.2 Å². The van der Waals surface area contributed by atoms with Gasteiger partial charge in [-0.25, -0.2) is 4.98 Å². The average Bonchev–Trinajstić information content (AvgIpc) is 3.16. The molecule has 0 spiro atoms. The Kier molecular flexibility index (Phi) is 8.91. The predicted octanol–water partition coefficient (Wildman–Crippen LogP) is 3.78. The van der Waals surface area contributed by atoms with Gasteiger partial charge < -0.3 is 10.6 Å². The van der Waals surface area contributed by atoms with Gasteiger partial charge in [0.2, 0.25) is 0 Å². The fraction of sp³-hybridized carbons (Fsp3) is 0.500. The summed E-state index contributed by atoms with van der Waals surface area (Å²) < 4.78 is 37.9. The summed E-state index contributed by atoms with van der Waals surface area (Å²) in [7, 11) is 2.06. The van der Waals surface area contributed by atoms with E-state index in [9.17, 15) is 13.2 Å². The molecule has 1 atom stereocenters. The molecule has 0 bridgehead atoms. The van der Waals surface area contributed by atoms with E-state index < -0.39 is 11.9 Å². The van der Waals surface area contributed by atoms with Crippen molar-refractivity contribution in [3.63, 3.8) is 0 Å². The second-order valence-electron chi connectivity index (χ2n) is 6.77. The molecule has 5 nitrogen and oxygen atoms in total. The number of likely N-dealkylation sites (N-methyl/N-ethyl adjacent to an activating group) is 1. The summed E-state index contributed by atoms with van der Waals surface area (Å²) in [5.41, 5.74) is 0.422. The number of thiazole rings is 1. The zero-order chi connectivity index (χ0) is 21.3. The molecule has 0 fully saturated rings. The molecule has 29 heavy (non-hydrogen) atoms. The minimum atomic E-state index is -4.39. The van der Waals surface area contributed by atoms with Gasteiger partial charge >= 0.3 is 6.18 Å². The third-order valence-corrected chi connectivity index (χ3v) is 5.27. The van der Waals surface area contributed by atoms with Crippen molar-refractivity contribution in [1.29, 1.82) is 0 Å². The molecular formula is C20H28F3N5S. The van der Waals surface area contributed by atoms with Gasteiger partial charge in [-0.15, -0.1) is 11.3 Å². The summed E-state index contributed by atoms with van der Waals surface area (Å²) in [6.07, 6.45) is -3.98. The zero-order valence-corrected chi connectivity index (χ0v) is 17.8. The number of nitrogens with zero attached hydrogens (tertiary/aromatic N) is 3. The number of nitrogens with one attached hydrogen (secondary N) is 2. The van der Waals surface area contributed by atoms with Crippen molar-refractivity contribution in [2.24, 2.45) is 4.99 Å². The smallest absolute Gasteiger partial charge is 0.357 e. The van der Waals surface area contributed by atoms with E-state index in [2.05, 4.69) is 51.6 Å². The van der Waals surface area contributed by atoms with Crippen LogP contribution in [-0.4, -0.2) is 48.6 Å². The molecule has 0 aliphatic carbocycles. The van der Waals surface area contributed by atoms with Crippen LogP contribution in [0.2, 0.25) is 0 Å². The van der Waals surface area contributed by atoms with Crippen molar-refractivity contribution in [1.82, 2.24) is 20.5 Å². The van der Waals surface area contributed by atoms with Crippen LogP contribution in [-0.2, 0) is 19.1 Å². The first-order chi connectivity index (χ1) is 13.8. The second-order valence-corrected chi connectivity index (χ2v) is 7.71. The molecule has 0 aliphatic heterocycles. The first kappa shape index (κ1) is 23.2.